The normalized spacial score (nSPS) is 12.1. The molecule has 6 heteroatoms. The third kappa shape index (κ3) is 4.31. The molecule has 0 aliphatic heterocycles. The molecule has 0 radical (unpaired) electrons. The van der Waals surface area contributed by atoms with Gasteiger partial charge in [0.15, 0.2) is 4.34 Å². The van der Waals surface area contributed by atoms with Crippen LogP contribution in [0.3, 0.4) is 0 Å². The van der Waals surface area contributed by atoms with Crippen molar-refractivity contribution in [2.24, 2.45) is 0 Å². The minimum absolute atomic E-state index is 0.0256. The average Bonchev–Trinajstić information content (AvgIpc) is 2.97. The first-order valence-corrected chi connectivity index (χ1v) is 8.30. The van der Waals surface area contributed by atoms with Gasteiger partial charge in [-0.3, -0.25) is 4.79 Å². The van der Waals surface area contributed by atoms with E-state index >= 15 is 0 Å². The monoisotopic (exact) mass is 307 g/mol. The predicted molar refractivity (Wildman–Crippen MR) is 83.0 cm³/mol. The van der Waals surface area contributed by atoms with Crippen LogP contribution in [0.2, 0.25) is 0 Å². The van der Waals surface area contributed by atoms with E-state index < -0.39 is 0 Å². The van der Waals surface area contributed by atoms with Crippen molar-refractivity contribution >= 4 is 29.0 Å². The summed E-state index contributed by atoms with van der Waals surface area (Å²) in [6, 6.07) is 8.35. The molecule has 1 aromatic carbocycles. The number of benzene rings is 1. The maximum Gasteiger partial charge on any atom is 0.230 e. The molecule has 1 amide bonds. The van der Waals surface area contributed by atoms with E-state index in [1.165, 1.54) is 28.7 Å². The molecule has 2 rings (SSSR count). The Labute approximate surface area is 127 Å². The number of hydrogen-bond donors (Lipinski definition) is 1. The van der Waals surface area contributed by atoms with Gasteiger partial charge < -0.3 is 5.32 Å². The Morgan fingerprint density at radius 3 is 2.75 bits per heavy atom. The Morgan fingerprint density at radius 2 is 2.15 bits per heavy atom. The van der Waals surface area contributed by atoms with E-state index in [1.807, 2.05) is 0 Å². The van der Waals surface area contributed by atoms with Gasteiger partial charge in [-0.2, -0.15) is 0 Å². The lowest BCUT2D eigenvalue weighted by atomic mass is 10.0. The van der Waals surface area contributed by atoms with E-state index in [-0.39, 0.29) is 11.9 Å². The van der Waals surface area contributed by atoms with Crippen LogP contribution < -0.4 is 5.32 Å². The van der Waals surface area contributed by atoms with Gasteiger partial charge in [-0.15, -0.1) is 10.2 Å². The zero-order chi connectivity index (χ0) is 14.4. The van der Waals surface area contributed by atoms with Crippen LogP contribution in [0.5, 0.6) is 0 Å². The maximum atomic E-state index is 12.0. The summed E-state index contributed by atoms with van der Waals surface area (Å²) in [4.78, 5) is 12.0. The molecule has 1 aromatic heterocycles. The van der Waals surface area contributed by atoms with Crippen molar-refractivity contribution < 1.29 is 4.79 Å². The Hall–Kier alpha value is -1.40. The molecule has 0 aliphatic carbocycles. The maximum absolute atomic E-state index is 12.0. The summed E-state index contributed by atoms with van der Waals surface area (Å²) < 4.78 is 0.823. The minimum atomic E-state index is 0.0256. The van der Waals surface area contributed by atoms with Crippen molar-refractivity contribution in [3.63, 3.8) is 0 Å². The molecule has 0 fully saturated rings. The van der Waals surface area contributed by atoms with Crippen molar-refractivity contribution in [3.05, 3.63) is 40.9 Å². The van der Waals surface area contributed by atoms with Crippen LogP contribution in [0.25, 0.3) is 0 Å². The largest absolute Gasteiger partial charge is 0.349 e. The lowest BCUT2D eigenvalue weighted by Gasteiger charge is -2.17. The summed E-state index contributed by atoms with van der Waals surface area (Å²) in [7, 11) is 0. The quantitative estimate of drug-likeness (QED) is 0.833. The van der Waals surface area contributed by atoms with Gasteiger partial charge in [-0.25, -0.2) is 0 Å². The average molecular weight is 307 g/mol. The molecule has 0 spiro atoms. The van der Waals surface area contributed by atoms with E-state index in [4.69, 9.17) is 0 Å². The van der Waals surface area contributed by atoms with Crippen LogP contribution in [0.4, 0.5) is 0 Å². The summed E-state index contributed by atoms with van der Waals surface area (Å²) in [5.74, 6) is 0.398. The highest BCUT2D eigenvalue weighted by Gasteiger charge is 2.13. The molecule has 1 atom stereocenters. The summed E-state index contributed by atoms with van der Waals surface area (Å²) in [6.45, 7) is 4.13. The van der Waals surface area contributed by atoms with Crippen LogP contribution in [0.15, 0.2) is 34.1 Å². The van der Waals surface area contributed by atoms with Gasteiger partial charge >= 0.3 is 0 Å². The van der Waals surface area contributed by atoms with Gasteiger partial charge in [0.05, 0.1) is 11.8 Å². The van der Waals surface area contributed by atoms with Crippen molar-refractivity contribution in [2.75, 3.05) is 5.75 Å². The summed E-state index contributed by atoms with van der Waals surface area (Å²) in [6.07, 6.45) is 0.873. The topological polar surface area (TPSA) is 54.9 Å². The third-order valence-corrected chi connectivity index (χ3v) is 4.75. The molecule has 106 valence electrons. The summed E-state index contributed by atoms with van der Waals surface area (Å²) >= 11 is 2.87. The number of carbonyl (C=O) groups is 1. The first kappa shape index (κ1) is 15.0. The number of carbonyl (C=O) groups excluding carboxylic acids is 1. The first-order chi connectivity index (χ1) is 9.69. The zero-order valence-corrected chi connectivity index (χ0v) is 13.1. The van der Waals surface area contributed by atoms with Crippen molar-refractivity contribution in [3.8, 4) is 0 Å². The fourth-order valence-electron chi connectivity index (χ4n) is 1.81. The molecule has 1 heterocycles. The van der Waals surface area contributed by atoms with Crippen molar-refractivity contribution in [1.82, 2.24) is 15.5 Å². The molecule has 2 aromatic rings. The number of nitrogens with one attached hydrogen (secondary N) is 1. The fourth-order valence-corrected chi connectivity index (χ4v) is 3.11. The second kappa shape index (κ2) is 7.40. The smallest absolute Gasteiger partial charge is 0.230 e. The van der Waals surface area contributed by atoms with Gasteiger partial charge in [0.2, 0.25) is 5.91 Å². The zero-order valence-electron chi connectivity index (χ0n) is 11.5. The SMILES string of the molecule is CC[C@H](NC(=O)CSc1nncs1)c1ccc(C)cc1. The molecule has 1 N–H and O–H groups in total. The van der Waals surface area contributed by atoms with Crippen molar-refractivity contribution in [1.29, 1.82) is 0 Å². The molecule has 0 bridgehead atoms. The van der Waals surface area contributed by atoms with E-state index in [0.29, 0.717) is 5.75 Å². The van der Waals surface area contributed by atoms with E-state index in [1.54, 1.807) is 5.51 Å². The van der Waals surface area contributed by atoms with Crippen LogP contribution in [0.1, 0.15) is 30.5 Å². The van der Waals surface area contributed by atoms with Crippen LogP contribution in [0, 0.1) is 6.92 Å². The fraction of sp³-hybridized carbons (Fsp3) is 0.357. The van der Waals surface area contributed by atoms with Gasteiger partial charge in [0.1, 0.15) is 5.51 Å². The van der Waals surface area contributed by atoms with Crippen LogP contribution in [-0.4, -0.2) is 21.9 Å². The number of thioether (sulfide) groups is 1. The lowest BCUT2D eigenvalue weighted by molar-refractivity contribution is -0.119. The van der Waals surface area contributed by atoms with Crippen LogP contribution in [-0.2, 0) is 4.79 Å². The summed E-state index contributed by atoms with van der Waals surface area (Å²) in [5, 5.41) is 10.7. The van der Waals surface area contributed by atoms with Gasteiger partial charge in [-0.05, 0) is 18.9 Å². The number of hydrogen-bond acceptors (Lipinski definition) is 5. The van der Waals surface area contributed by atoms with Crippen molar-refractivity contribution in [2.45, 2.75) is 30.6 Å². The number of nitrogens with zero attached hydrogens (tertiary/aromatic N) is 2. The summed E-state index contributed by atoms with van der Waals surface area (Å²) in [5.41, 5.74) is 4.04. The number of amides is 1. The second-order valence-electron chi connectivity index (χ2n) is 4.43. The first-order valence-electron chi connectivity index (χ1n) is 6.44. The van der Waals surface area contributed by atoms with Crippen LogP contribution >= 0.6 is 23.1 Å². The highest BCUT2D eigenvalue weighted by atomic mass is 32.2. The molecule has 20 heavy (non-hydrogen) atoms. The van der Waals surface area contributed by atoms with E-state index in [9.17, 15) is 4.79 Å². The van der Waals surface area contributed by atoms with Gasteiger partial charge in [0.25, 0.3) is 0 Å². The molecule has 0 saturated heterocycles. The molecule has 0 aliphatic rings. The Kier molecular flexibility index (Phi) is 5.55. The van der Waals surface area contributed by atoms with Gasteiger partial charge in [-0.1, -0.05) is 59.9 Å². The molecule has 4 nitrogen and oxygen atoms in total. The standard InChI is InChI=1S/C14H17N3OS2/c1-3-12(11-6-4-10(2)5-7-11)16-13(18)8-19-14-17-15-9-20-14/h4-7,9,12H,3,8H2,1-2H3,(H,16,18)/t12-/m0/s1. The number of aromatic nitrogens is 2. The molecule has 0 unspecified atom stereocenters. The number of aryl methyl sites for hydroxylation is 1. The molecular weight excluding hydrogens is 290 g/mol. The minimum Gasteiger partial charge on any atom is -0.349 e. The van der Waals surface area contributed by atoms with Gasteiger partial charge in [0, 0.05) is 0 Å². The van der Waals surface area contributed by atoms with E-state index in [2.05, 4.69) is 53.6 Å². The van der Waals surface area contributed by atoms with E-state index in [0.717, 1.165) is 16.3 Å². The number of rotatable bonds is 6. The highest BCUT2D eigenvalue weighted by molar-refractivity contribution is 8.01. The molecular formula is C14H17N3OS2. The Morgan fingerprint density at radius 1 is 1.40 bits per heavy atom. The third-order valence-electron chi connectivity index (χ3n) is 2.89. The molecule has 0 saturated carbocycles. The second-order valence-corrected chi connectivity index (χ2v) is 6.49. The Balaban J connectivity index is 1.89. The highest BCUT2D eigenvalue weighted by Crippen LogP contribution is 2.20. The predicted octanol–water partition coefficient (Wildman–Crippen LogP) is 3.21. The Bertz CT molecular complexity index is 540. The lowest BCUT2D eigenvalue weighted by Crippen LogP contribution is -2.29.